The largest absolute Gasteiger partial charge is 0.411 e. The van der Waals surface area contributed by atoms with Gasteiger partial charge in [-0.2, -0.15) is 13.2 Å². The molecule has 0 atom stereocenters. The van der Waals surface area contributed by atoms with E-state index in [-0.39, 0.29) is 12.4 Å². The second-order valence-electron chi connectivity index (χ2n) is 4.27. The average molecular weight is 274 g/mol. The molecule has 0 amide bonds. The van der Waals surface area contributed by atoms with Gasteiger partial charge in [-0.25, -0.2) is 0 Å². The fourth-order valence-corrected chi connectivity index (χ4v) is 1.62. The van der Waals surface area contributed by atoms with Gasteiger partial charge in [0.2, 0.25) is 0 Å². The standard InChI is InChI=1S/C14H17F3O2/c15-14(16,17)11-19-10-6-2-5-9-13(18)12-7-3-1-4-8-12/h1,3-4,7-8H,2,5-6,9-11H2. The summed E-state index contributed by atoms with van der Waals surface area (Å²) in [5.41, 5.74) is 0.677. The zero-order valence-corrected chi connectivity index (χ0v) is 10.6. The second-order valence-corrected chi connectivity index (χ2v) is 4.27. The molecule has 0 spiro atoms. The van der Waals surface area contributed by atoms with Gasteiger partial charge in [-0.3, -0.25) is 4.79 Å². The van der Waals surface area contributed by atoms with Gasteiger partial charge < -0.3 is 4.74 Å². The van der Waals surface area contributed by atoms with Gasteiger partial charge in [0.15, 0.2) is 5.78 Å². The fourth-order valence-electron chi connectivity index (χ4n) is 1.62. The fraction of sp³-hybridized carbons (Fsp3) is 0.500. The molecule has 19 heavy (non-hydrogen) atoms. The van der Waals surface area contributed by atoms with Crippen molar-refractivity contribution in [1.29, 1.82) is 0 Å². The van der Waals surface area contributed by atoms with Crippen LogP contribution in [0.3, 0.4) is 0 Å². The van der Waals surface area contributed by atoms with E-state index in [1.54, 1.807) is 24.3 Å². The van der Waals surface area contributed by atoms with Crippen LogP contribution in [0, 0.1) is 0 Å². The SMILES string of the molecule is O=C(CCCCCOCC(F)(F)F)c1ccccc1. The second kappa shape index (κ2) is 7.94. The Labute approximate surface area is 110 Å². The number of alkyl halides is 3. The Morgan fingerprint density at radius 2 is 1.74 bits per heavy atom. The number of ether oxygens (including phenoxy) is 1. The van der Waals surface area contributed by atoms with Crippen molar-refractivity contribution in [2.24, 2.45) is 0 Å². The highest BCUT2D eigenvalue weighted by Gasteiger charge is 2.27. The number of hydrogen-bond donors (Lipinski definition) is 0. The lowest BCUT2D eigenvalue weighted by molar-refractivity contribution is -0.174. The summed E-state index contributed by atoms with van der Waals surface area (Å²) < 4.78 is 39.7. The van der Waals surface area contributed by atoms with Crippen LogP contribution in [0.15, 0.2) is 30.3 Å². The summed E-state index contributed by atoms with van der Waals surface area (Å²) in [6.45, 7) is -1.12. The molecule has 0 aliphatic heterocycles. The molecule has 0 aliphatic carbocycles. The predicted octanol–water partition coefficient (Wildman–Crippen LogP) is 4.01. The number of halogens is 3. The monoisotopic (exact) mass is 274 g/mol. The highest BCUT2D eigenvalue weighted by Crippen LogP contribution is 2.15. The number of carbonyl (C=O) groups excluding carboxylic acids is 1. The molecule has 0 bridgehead atoms. The molecule has 2 nitrogen and oxygen atoms in total. The average Bonchev–Trinajstić information content (AvgIpc) is 2.37. The van der Waals surface area contributed by atoms with Gasteiger partial charge in [0, 0.05) is 18.6 Å². The van der Waals surface area contributed by atoms with E-state index in [0.29, 0.717) is 31.2 Å². The Morgan fingerprint density at radius 1 is 1.05 bits per heavy atom. The van der Waals surface area contributed by atoms with Gasteiger partial charge in [-0.15, -0.1) is 0 Å². The minimum atomic E-state index is -4.26. The van der Waals surface area contributed by atoms with Crippen LogP contribution < -0.4 is 0 Å². The molecule has 5 heteroatoms. The zero-order chi connectivity index (χ0) is 14.1. The molecule has 0 fully saturated rings. The van der Waals surface area contributed by atoms with Crippen LogP contribution in [0.4, 0.5) is 13.2 Å². The highest BCUT2D eigenvalue weighted by atomic mass is 19.4. The van der Waals surface area contributed by atoms with E-state index in [2.05, 4.69) is 4.74 Å². The Bertz CT molecular complexity index is 374. The van der Waals surface area contributed by atoms with Crippen LogP contribution in [0.2, 0.25) is 0 Å². The molecule has 106 valence electrons. The van der Waals surface area contributed by atoms with Crippen molar-refractivity contribution in [2.45, 2.75) is 31.9 Å². The van der Waals surface area contributed by atoms with E-state index >= 15 is 0 Å². The predicted molar refractivity (Wildman–Crippen MR) is 66.1 cm³/mol. The van der Waals surface area contributed by atoms with Crippen molar-refractivity contribution in [3.63, 3.8) is 0 Å². The van der Waals surface area contributed by atoms with E-state index in [1.807, 2.05) is 6.07 Å². The first kappa shape index (κ1) is 15.7. The van der Waals surface area contributed by atoms with Gasteiger partial charge >= 0.3 is 6.18 Å². The summed E-state index contributed by atoms with van der Waals surface area (Å²) in [6, 6.07) is 8.97. The third-order valence-electron chi connectivity index (χ3n) is 2.55. The molecule has 0 aromatic heterocycles. The summed E-state index contributed by atoms with van der Waals surface area (Å²) in [7, 11) is 0. The smallest absolute Gasteiger partial charge is 0.372 e. The summed E-state index contributed by atoms with van der Waals surface area (Å²) in [4.78, 5) is 11.7. The van der Waals surface area contributed by atoms with E-state index < -0.39 is 12.8 Å². The van der Waals surface area contributed by atoms with Crippen LogP contribution in [0.25, 0.3) is 0 Å². The quantitative estimate of drug-likeness (QED) is 0.529. The van der Waals surface area contributed by atoms with Crippen LogP contribution in [0.5, 0.6) is 0 Å². The minimum Gasteiger partial charge on any atom is -0.372 e. The van der Waals surface area contributed by atoms with Crippen LogP contribution in [0.1, 0.15) is 36.0 Å². The maximum absolute atomic E-state index is 11.8. The molecular formula is C14H17F3O2. The lowest BCUT2D eigenvalue weighted by Crippen LogP contribution is -2.17. The lowest BCUT2D eigenvalue weighted by Gasteiger charge is -2.07. The van der Waals surface area contributed by atoms with Crippen molar-refractivity contribution >= 4 is 5.78 Å². The van der Waals surface area contributed by atoms with Crippen LogP contribution in [-0.4, -0.2) is 25.2 Å². The van der Waals surface area contributed by atoms with E-state index in [0.717, 1.165) is 0 Å². The van der Waals surface area contributed by atoms with Crippen LogP contribution in [-0.2, 0) is 4.74 Å². The van der Waals surface area contributed by atoms with E-state index in [1.165, 1.54) is 0 Å². The summed E-state index contributed by atoms with van der Waals surface area (Å²) in [5.74, 6) is 0.0665. The molecule has 0 saturated heterocycles. The minimum absolute atomic E-state index is 0.0665. The van der Waals surface area contributed by atoms with Gasteiger partial charge in [-0.1, -0.05) is 36.8 Å². The number of rotatable bonds is 8. The van der Waals surface area contributed by atoms with Crippen molar-refractivity contribution in [1.82, 2.24) is 0 Å². The highest BCUT2D eigenvalue weighted by molar-refractivity contribution is 5.95. The number of unbranched alkanes of at least 4 members (excludes halogenated alkanes) is 2. The Kier molecular flexibility index (Phi) is 6.56. The van der Waals surface area contributed by atoms with Crippen LogP contribution >= 0.6 is 0 Å². The summed E-state index contributed by atoms with van der Waals surface area (Å²) >= 11 is 0. The molecule has 0 unspecified atom stereocenters. The first-order chi connectivity index (χ1) is 8.99. The molecule has 0 N–H and O–H groups in total. The van der Waals surface area contributed by atoms with Crippen molar-refractivity contribution in [3.8, 4) is 0 Å². The summed E-state index contributed by atoms with van der Waals surface area (Å²) in [6.07, 6.45) is -1.94. The van der Waals surface area contributed by atoms with Gasteiger partial charge in [0.25, 0.3) is 0 Å². The Balaban J connectivity index is 2.04. The molecule has 0 heterocycles. The summed E-state index contributed by atoms with van der Waals surface area (Å²) in [5, 5.41) is 0. The van der Waals surface area contributed by atoms with E-state index in [9.17, 15) is 18.0 Å². The van der Waals surface area contributed by atoms with E-state index in [4.69, 9.17) is 0 Å². The third kappa shape index (κ3) is 7.62. The first-order valence-electron chi connectivity index (χ1n) is 6.22. The molecule has 1 aromatic rings. The van der Waals surface area contributed by atoms with Gasteiger partial charge in [0.05, 0.1) is 0 Å². The Hall–Kier alpha value is -1.36. The molecule has 0 aliphatic rings. The Morgan fingerprint density at radius 3 is 2.37 bits per heavy atom. The lowest BCUT2D eigenvalue weighted by atomic mass is 10.1. The first-order valence-corrected chi connectivity index (χ1v) is 6.22. The van der Waals surface area contributed by atoms with Crippen molar-refractivity contribution in [3.05, 3.63) is 35.9 Å². The number of ketones is 1. The number of hydrogen-bond acceptors (Lipinski definition) is 2. The normalized spacial score (nSPS) is 11.5. The maximum atomic E-state index is 11.8. The van der Waals surface area contributed by atoms with Gasteiger partial charge in [-0.05, 0) is 12.8 Å². The molecule has 1 rings (SSSR count). The number of Topliss-reactive ketones (excluding diaryl/α,β-unsaturated/α-hetero) is 1. The topological polar surface area (TPSA) is 26.3 Å². The third-order valence-corrected chi connectivity index (χ3v) is 2.55. The molecule has 0 saturated carbocycles. The number of carbonyl (C=O) groups is 1. The van der Waals surface area contributed by atoms with Crippen molar-refractivity contribution < 1.29 is 22.7 Å². The molecule has 0 radical (unpaired) electrons. The molecule has 1 aromatic carbocycles. The van der Waals surface area contributed by atoms with Gasteiger partial charge in [0.1, 0.15) is 6.61 Å². The molecular weight excluding hydrogens is 257 g/mol. The maximum Gasteiger partial charge on any atom is 0.411 e. The van der Waals surface area contributed by atoms with Crippen molar-refractivity contribution in [2.75, 3.05) is 13.2 Å². The number of benzene rings is 1. The zero-order valence-electron chi connectivity index (χ0n) is 10.6.